The van der Waals surface area contributed by atoms with Gasteiger partial charge in [-0.25, -0.2) is 4.99 Å². The van der Waals surface area contributed by atoms with E-state index in [9.17, 15) is 0 Å². The fourth-order valence-corrected chi connectivity index (χ4v) is 0.166. The molecule has 0 aliphatic carbocycles. The van der Waals surface area contributed by atoms with E-state index in [0.29, 0.717) is 0 Å². The molecular formula is C4H5AgNS. The summed E-state index contributed by atoms with van der Waals surface area (Å²) in [7, 11) is 0. The van der Waals surface area contributed by atoms with Crippen LogP contribution >= 0.6 is 12.2 Å². The van der Waals surface area contributed by atoms with Gasteiger partial charge in [-0.15, -0.1) is 0 Å². The number of hydrogen-bond acceptors (Lipinski definition) is 2. The zero-order chi connectivity index (χ0) is 4.83. The van der Waals surface area contributed by atoms with E-state index in [4.69, 9.17) is 0 Å². The fraction of sp³-hybridized carbons (Fsp3) is 0.250. The molecule has 0 saturated heterocycles. The van der Waals surface area contributed by atoms with Crippen molar-refractivity contribution in [1.29, 1.82) is 0 Å². The van der Waals surface area contributed by atoms with Crippen molar-refractivity contribution in [3.05, 3.63) is 12.3 Å². The molecule has 0 heterocycles. The molecule has 0 aromatic heterocycles. The Bertz CT molecular complexity index is 93.9. The van der Waals surface area contributed by atoms with Gasteiger partial charge < -0.3 is 0 Å². The van der Waals surface area contributed by atoms with E-state index in [1.807, 2.05) is 6.92 Å². The Labute approximate surface area is 64.0 Å². The summed E-state index contributed by atoms with van der Waals surface area (Å²) in [5, 5.41) is 2.19. The van der Waals surface area contributed by atoms with Crippen molar-refractivity contribution in [2.24, 2.45) is 4.99 Å². The van der Waals surface area contributed by atoms with Crippen LogP contribution in [-0.4, -0.2) is 5.16 Å². The van der Waals surface area contributed by atoms with Gasteiger partial charge in [0.15, 0.2) is 0 Å². The van der Waals surface area contributed by atoms with E-state index >= 15 is 0 Å². The predicted octanol–water partition coefficient (Wildman–Crippen LogP) is 1.62. The molecule has 0 unspecified atom stereocenters. The quantitative estimate of drug-likeness (QED) is 0.361. The van der Waals surface area contributed by atoms with E-state index in [0.717, 1.165) is 0 Å². The summed E-state index contributed by atoms with van der Waals surface area (Å²) in [4.78, 5) is 3.47. The first-order chi connectivity index (χ1) is 2.91. The van der Waals surface area contributed by atoms with Crippen LogP contribution in [0.5, 0.6) is 0 Å². The van der Waals surface area contributed by atoms with Gasteiger partial charge in [0.05, 0.1) is 5.16 Å². The SMILES string of the molecule is CC=CN=C=S.[Ag]. The first kappa shape index (κ1) is 10.3. The molecule has 1 nitrogen and oxygen atoms in total. The van der Waals surface area contributed by atoms with Crippen molar-refractivity contribution < 1.29 is 22.4 Å². The molecule has 0 atom stereocenters. The third kappa shape index (κ3) is 10.7. The standard InChI is InChI=1S/C4H5NS.Ag/c1-2-3-5-4-6;/h2-3H,1H3;. The van der Waals surface area contributed by atoms with Gasteiger partial charge in [-0.05, 0) is 19.1 Å². The van der Waals surface area contributed by atoms with Gasteiger partial charge in [0, 0.05) is 28.6 Å². The number of thiocarbonyl (C=S) groups is 1. The Morgan fingerprint density at radius 1 is 1.71 bits per heavy atom. The normalized spacial score (nSPS) is 7.00. The Balaban J connectivity index is 0. The molecule has 43 valence electrons. The maximum absolute atomic E-state index is 4.25. The number of nitrogens with zero attached hydrogens (tertiary/aromatic N) is 1. The zero-order valence-electron chi connectivity index (χ0n) is 3.81. The first-order valence-corrected chi connectivity index (χ1v) is 2.00. The second-order valence-corrected chi connectivity index (χ2v) is 0.885. The molecule has 0 N–H and O–H groups in total. The average molecular weight is 207 g/mol. The van der Waals surface area contributed by atoms with Crippen LogP contribution in [0.1, 0.15) is 6.92 Å². The van der Waals surface area contributed by atoms with Crippen LogP contribution in [0.3, 0.4) is 0 Å². The molecular weight excluding hydrogens is 202 g/mol. The third-order valence-corrected chi connectivity index (χ3v) is 0.382. The Hall–Kier alpha value is 0.280. The van der Waals surface area contributed by atoms with E-state index in [1.165, 1.54) is 0 Å². The molecule has 0 amide bonds. The molecule has 0 aromatic carbocycles. The van der Waals surface area contributed by atoms with Crippen molar-refractivity contribution in [2.75, 3.05) is 0 Å². The number of isothiocyanates is 1. The van der Waals surface area contributed by atoms with E-state index in [1.54, 1.807) is 12.3 Å². The van der Waals surface area contributed by atoms with Gasteiger partial charge in [0.2, 0.25) is 0 Å². The molecule has 0 fully saturated rings. The largest absolute Gasteiger partial charge is 0.203 e. The third-order valence-electron chi connectivity index (χ3n) is 0.276. The van der Waals surface area contributed by atoms with Gasteiger partial charge in [-0.3, -0.25) is 0 Å². The summed E-state index contributed by atoms with van der Waals surface area (Å²) in [6.07, 6.45) is 3.38. The number of aliphatic imine (C=N–C) groups is 1. The molecule has 0 aromatic rings. The molecule has 0 rings (SSSR count). The Morgan fingerprint density at radius 2 is 2.29 bits per heavy atom. The van der Waals surface area contributed by atoms with Crippen LogP contribution in [-0.2, 0) is 22.4 Å². The summed E-state index contributed by atoms with van der Waals surface area (Å²) in [5.74, 6) is 0. The van der Waals surface area contributed by atoms with Crippen LogP contribution in [0, 0.1) is 0 Å². The number of hydrogen-bond donors (Lipinski definition) is 0. The van der Waals surface area contributed by atoms with Crippen molar-refractivity contribution in [1.82, 2.24) is 0 Å². The van der Waals surface area contributed by atoms with Crippen molar-refractivity contribution in [2.45, 2.75) is 6.92 Å². The van der Waals surface area contributed by atoms with Crippen molar-refractivity contribution >= 4 is 17.4 Å². The molecule has 7 heavy (non-hydrogen) atoms. The minimum absolute atomic E-state index is 0. The fourth-order valence-electron chi connectivity index (χ4n) is 0.105. The number of allylic oxidation sites excluding steroid dienone is 1. The molecule has 0 aliphatic heterocycles. The van der Waals surface area contributed by atoms with Crippen LogP contribution in [0.15, 0.2) is 17.3 Å². The van der Waals surface area contributed by atoms with Crippen LogP contribution in [0.2, 0.25) is 0 Å². The van der Waals surface area contributed by atoms with Crippen LogP contribution < -0.4 is 0 Å². The van der Waals surface area contributed by atoms with Crippen molar-refractivity contribution in [3.8, 4) is 0 Å². The summed E-state index contributed by atoms with van der Waals surface area (Å²) >= 11 is 4.25. The molecule has 0 spiro atoms. The molecule has 0 aliphatic rings. The van der Waals surface area contributed by atoms with E-state index < -0.39 is 0 Å². The Kier molecular flexibility index (Phi) is 14.1. The van der Waals surface area contributed by atoms with Crippen molar-refractivity contribution in [3.63, 3.8) is 0 Å². The van der Waals surface area contributed by atoms with Crippen LogP contribution in [0.25, 0.3) is 0 Å². The summed E-state index contributed by atoms with van der Waals surface area (Å²) < 4.78 is 0. The minimum Gasteiger partial charge on any atom is -0.203 e. The van der Waals surface area contributed by atoms with Gasteiger partial charge in [0.1, 0.15) is 0 Å². The second-order valence-electron chi connectivity index (χ2n) is 0.703. The smallest absolute Gasteiger partial charge is 0.0634 e. The monoisotopic (exact) mass is 206 g/mol. The molecule has 1 radical (unpaired) electrons. The second kappa shape index (κ2) is 9.56. The molecule has 0 bridgehead atoms. The average Bonchev–Trinajstić information content (AvgIpc) is 1.61. The van der Waals surface area contributed by atoms with Gasteiger partial charge in [0.25, 0.3) is 0 Å². The van der Waals surface area contributed by atoms with Gasteiger partial charge in [-0.2, -0.15) is 0 Å². The summed E-state index contributed by atoms with van der Waals surface area (Å²) in [6.45, 7) is 1.87. The van der Waals surface area contributed by atoms with Gasteiger partial charge >= 0.3 is 0 Å². The molecule has 3 heteroatoms. The Morgan fingerprint density at radius 3 is 2.43 bits per heavy atom. The van der Waals surface area contributed by atoms with Gasteiger partial charge in [-0.1, -0.05) is 6.08 Å². The van der Waals surface area contributed by atoms with E-state index in [-0.39, 0.29) is 22.4 Å². The minimum atomic E-state index is 0. The van der Waals surface area contributed by atoms with E-state index in [2.05, 4.69) is 22.4 Å². The zero-order valence-corrected chi connectivity index (χ0v) is 6.11. The maximum atomic E-state index is 4.25. The summed E-state index contributed by atoms with van der Waals surface area (Å²) in [6, 6.07) is 0. The number of rotatable bonds is 1. The predicted molar refractivity (Wildman–Crippen MR) is 29.8 cm³/mol. The molecule has 0 saturated carbocycles. The van der Waals surface area contributed by atoms with Crippen LogP contribution in [0.4, 0.5) is 0 Å². The maximum Gasteiger partial charge on any atom is 0.0634 e. The summed E-state index contributed by atoms with van der Waals surface area (Å²) in [5.41, 5.74) is 0. The topological polar surface area (TPSA) is 12.4 Å². The first-order valence-electron chi connectivity index (χ1n) is 1.60.